The van der Waals surface area contributed by atoms with Gasteiger partial charge in [0.25, 0.3) is 0 Å². The molecule has 0 spiro atoms. The first-order valence-electron chi connectivity index (χ1n) is 10.3. The highest BCUT2D eigenvalue weighted by Gasteiger charge is 2.23. The van der Waals surface area contributed by atoms with E-state index in [1.165, 1.54) is 42.4 Å². The Balaban J connectivity index is 1.56. The lowest BCUT2D eigenvalue weighted by Gasteiger charge is -2.16. The summed E-state index contributed by atoms with van der Waals surface area (Å²) in [6.45, 7) is 0.378. The average molecular weight is 437 g/mol. The van der Waals surface area contributed by atoms with Gasteiger partial charge in [-0.2, -0.15) is 0 Å². The Morgan fingerprint density at radius 1 is 1.19 bits per heavy atom. The monoisotopic (exact) mass is 436 g/mol. The van der Waals surface area contributed by atoms with Gasteiger partial charge in [-0.3, -0.25) is 9.59 Å². The number of esters is 1. The van der Waals surface area contributed by atoms with Gasteiger partial charge in [0.2, 0.25) is 5.91 Å². The van der Waals surface area contributed by atoms with Crippen LogP contribution in [-0.2, 0) is 28.9 Å². The maximum atomic E-state index is 12.6. The second kappa shape index (κ2) is 9.31. The van der Waals surface area contributed by atoms with Gasteiger partial charge >= 0.3 is 5.97 Å². The number of benzene rings is 1. The van der Waals surface area contributed by atoms with Gasteiger partial charge in [-0.15, -0.1) is 11.3 Å². The lowest BCUT2D eigenvalue weighted by Crippen LogP contribution is -2.16. The average Bonchev–Trinajstić information content (AvgIpc) is 3.43. The number of aromatic nitrogens is 1. The standard InChI is InChI=1S/C24H24N2O4S/c1-30-24(29)22-20(18-9-8-16-5-2-3-6-17(16)13-18)15-31-23(22)25-21(28)10-12-26-11-4-7-19(26)14-27/h4,7-9,11,13-15H,2-3,5-6,10,12H2,1H3,(H,25,28). The number of aldehydes is 1. The zero-order valence-electron chi connectivity index (χ0n) is 17.3. The number of nitrogens with zero attached hydrogens (tertiary/aromatic N) is 1. The molecule has 2 aromatic heterocycles. The second-order valence-corrected chi connectivity index (χ2v) is 8.46. The summed E-state index contributed by atoms with van der Waals surface area (Å²) in [7, 11) is 1.34. The third-order valence-corrected chi connectivity index (χ3v) is 6.55. The number of ether oxygens (including phenoxy) is 1. The molecule has 0 saturated heterocycles. The number of thiophene rings is 1. The molecule has 0 fully saturated rings. The minimum absolute atomic E-state index is 0.183. The van der Waals surface area contributed by atoms with Crippen LogP contribution in [0.25, 0.3) is 11.1 Å². The number of rotatable bonds is 7. The normalized spacial score (nSPS) is 12.8. The van der Waals surface area contributed by atoms with Crippen molar-refractivity contribution in [3.05, 3.63) is 64.3 Å². The zero-order chi connectivity index (χ0) is 21.8. The van der Waals surface area contributed by atoms with Crippen molar-refractivity contribution < 1.29 is 19.1 Å². The molecule has 6 nitrogen and oxygen atoms in total. The summed E-state index contributed by atoms with van der Waals surface area (Å²) in [5.41, 5.74) is 5.34. The minimum Gasteiger partial charge on any atom is -0.465 e. The molecule has 0 saturated carbocycles. The van der Waals surface area contributed by atoms with Gasteiger partial charge in [-0.1, -0.05) is 18.2 Å². The number of carbonyl (C=O) groups is 3. The van der Waals surface area contributed by atoms with Gasteiger partial charge in [0.15, 0.2) is 6.29 Å². The Labute approximate surface area is 184 Å². The van der Waals surface area contributed by atoms with Crippen molar-refractivity contribution in [2.75, 3.05) is 12.4 Å². The van der Waals surface area contributed by atoms with Crippen LogP contribution < -0.4 is 5.32 Å². The summed E-state index contributed by atoms with van der Waals surface area (Å²) in [5.74, 6) is -0.701. The van der Waals surface area contributed by atoms with E-state index in [1.54, 1.807) is 22.9 Å². The highest BCUT2D eigenvalue weighted by atomic mass is 32.1. The van der Waals surface area contributed by atoms with E-state index in [-0.39, 0.29) is 12.3 Å². The molecule has 160 valence electrons. The van der Waals surface area contributed by atoms with Crippen LogP contribution in [0.4, 0.5) is 5.00 Å². The molecular weight excluding hydrogens is 412 g/mol. The van der Waals surface area contributed by atoms with E-state index >= 15 is 0 Å². The quantitative estimate of drug-likeness (QED) is 0.429. The maximum absolute atomic E-state index is 12.6. The summed E-state index contributed by atoms with van der Waals surface area (Å²) in [5, 5.41) is 5.23. The molecule has 1 N–H and O–H groups in total. The number of amides is 1. The van der Waals surface area contributed by atoms with Crippen LogP contribution in [0, 0.1) is 0 Å². The highest BCUT2D eigenvalue weighted by molar-refractivity contribution is 7.15. The number of carbonyl (C=O) groups excluding carboxylic acids is 3. The van der Waals surface area contributed by atoms with Crippen LogP contribution in [0.1, 0.15) is 51.2 Å². The van der Waals surface area contributed by atoms with Gasteiger partial charge < -0.3 is 14.6 Å². The first kappa shape index (κ1) is 21.1. The molecule has 0 unspecified atom stereocenters. The number of hydrogen-bond acceptors (Lipinski definition) is 5. The summed E-state index contributed by atoms with van der Waals surface area (Å²) >= 11 is 1.32. The minimum atomic E-state index is -0.474. The molecule has 1 aliphatic carbocycles. The van der Waals surface area contributed by atoms with Crippen molar-refractivity contribution in [2.45, 2.75) is 38.6 Å². The van der Waals surface area contributed by atoms with Crippen molar-refractivity contribution in [3.63, 3.8) is 0 Å². The number of nitrogens with one attached hydrogen (secondary N) is 1. The maximum Gasteiger partial charge on any atom is 0.341 e. The van der Waals surface area contributed by atoms with Crippen molar-refractivity contribution in [2.24, 2.45) is 0 Å². The molecule has 4 rings (SSSR count). The van der Waals surface area contributed by atoms with Crippen molar-refractivity contribution in [1.29, 1.82) is 0 Å². The SMILES string of the molecule is COC(=O)c1c(-c2ccc3c(c2)CCCC3)csc1NC(=O)CCn1cccc1C=O. The van der Waals surface area contributed by atoms with Crippen LogP contribution in [0.5, 0.6) is 0 Å². The summed E-state index contributed by atoms with van der Waals surface area (Å²) < 4.78 is 6.74. The van der Waals surface area contributed by atoms with Gasteiger partial charge in [-0.05, 0) is 54.5 Å². The van der Waals surface area contributed by atoms with E-state index in [2.05, 4.69) is 17.4 Å². The van der Waals surface area contributed by atoms with E-state index in [0.29, 0.717) is 22.8 Å². The van der Waals surface area contributed by atoms with Crippen molar-refractivity contribution in [1.82, 2.24) is 4.57 Å². The van der Waals surface area contributed by atoms with E-state index in [9.17, 15) is 14.4 Å². The lowest BCUT2D eigenvalue weighted by molar-refractivity contribution is -0.116. The molecule has 0 atom stereocenters. The first-order chi connectivity index (χ1) is 15.1. The molecule has 2 heterocycles. The van der Waals surface area contributed by atoms with E-state index in [0.717, 1.165) is 30.3 Å². The Bertz CT molecular complexity index is 1130. The fourth-order valence-electron chi connectivity index (χ4n) is 4.02. The zero-order valence-corrected chi connectivity index (χ0v) is 18.2. The van der Waals surface area contributed by atoms with Crippen molar-refractivity contribution in [3.8, 4) is 11.1 Å². The van der Waals surface area contributed by atoms with Gasteiger partial charge in [-0.25, -0.2) is 4.79 Å². The Morgan fingerprint density at radius 3 is 2.77 bits per heavy atom. The smallest absolute Gasteiger partial charge is 0.341 e. The predicted molar refractivity (Wildman–Crippen MR) is 121 cm³/mol. The van der Waals surface area contributed by atoms with Crippen molar-refractivity contribution >= 4 is 34.5 Å². The van der Waals surface area contributed by atoms with E-state index in [1.807, 2.05) is 11.4 Å². The number of hydrogen-bond donors (Lipinski definition) is 1. The van der Waals surface area contributed by atoms with E-state index in [4.69, 9.17) is 4.74 Å². The molecular formula is C24H24N2O4S. The van der Waals surface area contributed by atoms with Gasteiger partial charge in [0, 0.05) is 30.1 Å². The Kier molecular flexibility index (Phi) is 6.32. The summed E-state index contributed by atoms with van der Waals surface area (Å²) in [4.78, 5) is 36.2. The molecule has 0 bridgehead atoms. The fourth-order valence-corrected chi connectivity index (χ4v) is 4.99. The molecule has 3 aromatic rings. The first-order valence-corrected chi connectivity index (χ1v) is 11.2. The van der Waals surface area contributed by atoms with Crippen LogP contribution >= 0.6 is 11.3 Å². The molecule has 0 radical (unpaired) electrons. The van der Waals surface area contributed by atoms with Gasteiger partial charge in [0.05, 0.1) is 12.8 Å². The third kappa shape index (κ3) is 4.46. The molecule has 1 aliphatic rings. The van der Waals surface area contributed by atoms with Crippen LogP contribution in [0.2, 0.25) is 0 Å². The second-order valence-electron chi connectivity index (χ2n) is 7.58. The number of methoxy groups -OCH3 is 1. The molecule has 0 aliphatic heterocycles. The van der Waals surface area contributed by atoms with Crippen LogP contribution in [0.3, 0.4) is 0 Å². The van der Waals surface area contributed by atoms with Crippen LogP contribution in [-0.4, -0.2) is 29.8 Å². The molecule has 1 aromatic carbocycles. The number of fused-ring (bicyclic) bond motifs is 1. The fraction of sp³-hybridized carbons (Fsp3) is 0.292. The molecule has 1 amide bonds. The Morgan fingerprint density at radius 2 is 2.00 bits per heavy atom. The predicted octanol–water partition coefficient (Wildman–Crippen LogP) is 4.72. The largest absolute Gasteiger partial charge is 0.465 e. The highest BCUT2D eigenvalue weighted by Crippen LogP contribution is 2.37. The number of anilines is 1. The number of aryl methyl sites for hydroxylation is 3. The van der Waals surface area contributed by atoms with E-state index < -0.39 is 5.97 Å². The molecule has 7 heteroatoms. The Hall–Kier alpha value is -3.19. The van der Waals surface area contributed by atoms with Crippen LogP contribution in [0.15, 0.2) is 41.9 Å². The third-order valence-electron chi connectivity index (χ3n) is 5.66. The summed E-state index contributed by atoms with van der Waals surface area (Å²) in [6, 6.07) is 9.80. The lowest BCUT2D eigenvalue weighted by atomic mass is 9.89. The van der Waals surface area contributed by atoms with Gasteiger partial charge in [0.1, 0.15) is 10.6 Å². The summed E-state index contributed by atoms with van der Waals surface area (Å²) in [6.07, 6.45) is 7.24. The molecule has 31 heavy (non-hydrogen) atoms. The topological polar surface area (TPSA) is 77.4 Å².